The van der Waals surface area contributed by atoms with Crippen molar-refractivity contribution in [1.82, 2.24) is 34.4 Å². The third-order valence-electron chi connectivity index (χ3n) is 3.74. The van der Waals surface area contributed by atoms with E-state index in [1.54, 1.807) is 25.4 Å². The second kappa shape index (κ2) is 7.13. The zero-order valence-electron chi connectivity index (χ0n) is 14.3. The topological polar surface area (TPSA) is 117 Å². The van der Waals surface area contributed by atoms with Crippen molar-refractivity contribution >= 4 is 5.91 Å². The van der Waals surface area contributed by atoms with Gasteiger partial charge < -0.3 is 5.32 Å². The highest BCUT2D eigenvalue weighted by atomic mass is 16.2. The summed E-state index contributed by atoms with van der Waals surface area (Å²) in [5.74, 6) is 0.0104. The van der Waals surface area contributed by atoms with Crippen LogP contribution in [0, 0.1) is 0 Å². The zero-order chi connectivity index (χ0) is 18.7. The van der Waals surface area contributed by atoms with Gasteiger partial charge in [-0.05, 0) is 18.2 Å². The van der Waals surface area contributed by atoms with Gasteiger partial charge in [-0.3, -0.25) is 19.1 Å². The molecule has 10 nitrogen and oxygen atoms in total. The summed E-state index contributed by atoms with van der Waals surface area (Å²) in [5, 5.41) is 10.8. The summed E-state index contributed by atoms with van der Waals surface area (Å²) in [5.41, 5.74) is 0.0997. The SMILES string of the molecule is Cn1nc(C(=O)NCCn2nc(-c3ccccn3)n(C)c2=O)ccc1=O. The Balaban J connectivity index is 1.69. The van der Waals surface area contributed by atoms with Gasteiger partial charge in [0.25, 0.3) is 11.5 Å². The lowest BCUT2D eigenvalue weighted by atomic mass is 10.3. The summed E-state index contributed by atoms with van der Waals surface area (Å²) in [4.78, 5) is 39.8. The predicted octanol–water partition coefficient (Wildman–Crippen LogP) is -0.833. The van der Waals surface area contributed by atoms with Crippen LogP contribution in [0.15, 0.2) is 46.1 Å². The van der Waals surface area contributed by atoms with Crippen LogP contribution in [0.2, 0.25) is 0 Å². The maximum absolute atomic E-state index is 12.3. The fourth-order valence-corrected chi connectivity index (χ4v) is 2.34. The quantitative estimate of drug-likeness (QED) is 0.638. The van der Waals surface area contributed by atoms with Crippen LogP contribution in [-0.4, -0.2) is 41.6 Å². The van der Waals surface area contributed by atoms with Crippen molar-refractivity contribution in [3.8, 4) is 11.5 Å². The van der Waals surface area contributed by atoms with E-state index < -0.39 is 5.91 Å². The van der Waals surface area contributed by atoms with Crippen molar-refractivity contribution in [2.24, 2.45) is 14.1 Å². The Bertz CT molecular complexity index is 1050. The summed E-state index contributed by atoms with van der Waals surface area (Å²) in [6.07, 6.45) is 1.62. The molecule has 10 heteroatoms. The molecule has 0 fully saturated rings. The van der Waals surface area contributed by atoms with Crippen LogP contribution < -0.4 is 16.6 Å². The molecule has 0 bridgehead atoms. The minimum absolute atomic E-state index is 0.120. The van der Waals surface area contributed by atoms with Crippen LogP contribution in [0.25, 0.3) is 11.5 Å². The molecule has 0 saturated carbocycles. The Morgan fingerprint density at radius 3 is 2.62 bits per heavy atom. The maximum atomic E-state index is 12.3. The Hall–Kier alpha value is -3.56. The molecule has 134 valence electrons. The Morgan fingerprint density at radius 2 is 1.92 bits per heavy atom. The summed E-state index contributed by atoms with van der Waals surface area (Å²) in [6, 6.07) is 7.97. The number of pyridine rings is 1. The molecule has 0 aromatic carbocycles. The number of carbonyl (C=O) groups is 1. The number of aromatic nitrogens is 6. The van der Waals surface area contributed by atoms with Crippen LogP contribution >= 0.6 is 0 Å². The molecule has 1 N–H and O–H groups in total. The number of carbonyl (C=O) groups excluding carboxylic acids is 1. The minimum Gasteiger partial charge on any atom is -0.349 e. The van der Waals surface area contributed by atoms with Crippen LogP contribution in [0.5, 0.6) is 0 Å². The normalized spacial score (nSPS) is 10.7. The van der Waals surface area contributed by atoms with E-state index in [0.29, 0.717) is 11.5 Å². The number of hydrogen-bond acceptors (Lipinski definition) is 6. The number of amides is 1. The minimum atomic E-state index is -0.436. The van der Waals surface area contributed by atoms with Crippen LogP contribution in [0.1, 0.15) is 10.5 Å². The first-order valence-electron chi connectivity index (χ1n) is 7.85. The molecule has 0 aliphatic heterocycles. The molecule has 0 radical (unpaired) electrons. The summed E-state index contributed by atoms with van der Waals surface area (Å²) < 4.78 is 3.74. The first-order chi connectivity index (χ1) is 12.5. The van der Waals surface area contributed by atoms with E-state index >= 15 is 0 Å². The van der Waals surface area contributed by atoms with E-state index in [1.165, 1.54) is 28.4 Å². The van der Waals surface area contributed by atoms with Crippen molar-refractivity contribution in [1.29, 1.82) is 0 Å². The van der Waals surface area contributed by atoms with Gasteiger partial charge in [0, 0.05) is 32.9 Å². The lowest BCUT2D eigenvalue weighted by Crippen LogP contribution is -2.33. The third kappa shape index (κ3) is 3.43. The number of aryl methyl sites for hydroxylation is 1. The number of hydrogen-bond donors (Lipinski definition) is 1. The number of nitrogens with zero attached hydrogens (tertiary/aromatic N) is 6. The number of rotatable bonds is 5. The van der Waals surface area contributed by atoms with Gasteiger partial charge in [-0.1, -0.05) is 6.07 Å². The van der Waals surface area contributed by atoms with Crippen LogP contribution in [0.3, 0.4) is 0 Å². The second-order valence-corrected chi connectivity index (χ2v) is 5.54. The Kier molecular flexibility index (Phi) is 4.74. The van der Waals surface area contributed by atoms with Gasteiger partial charge >= 0.3 is 5.69 Å². The standard InChI is InChI=1S/C16H17N7O3/c1-21-14(11-5-3-4-8-17-11)20-23(16(21)26)10-9-18-15(25)12-6-7-13(24)22(2)19-12/h3-8H,9-10H2,1-2H3,(H,18,25). The van der Waals surface area contributed by atoms with Gasteiger partial charge in [-0.25, -0.2) is 14.2 Å². The summed E-state index contributed by atoms with van der Waals surface area (Å²) >= 11 is 0. The lowest BCUT2D eigenvalue weighted by Gasteiger charge is -2.05. The van der Waals surface area contributed by atoms with Gasteiger partial charge in [0.15, 0.2) is 5.82 Å². The molecule has 0 atom stereocenters. The molecule has 0 spiro atoms. The fourth-order valence-electron chi connectivity index (χ4n) is 2.34. The molecule has 0 aliphatic rings. The molecular weight excluding hydrogens is 338 g/mol. The molecule has 0 saturated heterocycles. The molecular formula is C16H17N7O3. The predicted molar refractivity (Wildman–Crippen MR) is 92.5 cm³/mol. The molecule has 0 unspecified atom stereocenters. The second-order valence-electron chi connectivity index (χ2n) is 5.54. The molecule has 0 aliphatic carbocycles. The van der Waals surface area contributed by atoms with E-state index in [-0.39, 0.29) is 30.0 Å². The maximum Gasteiger partial charge on any atom is 0.346 e. The highest BCUT2D eigenvalue weighted by Crippen LogP contribution is 2.10. The molecule has 26 heavy (non-hydrogen) atoms. The monoisotopic (exact) mass is 355 g/mol. The van der Waals surface area contributed by atoms with E-state index in [2.05, 4.69) is 20.5 Å². The van der Waals surface area contributed by atoms with Gasteiger partial charge in [-0.15, -0.1) is 5.10 Å². The first kappa shape index (κ1) is 17.3. The lowest BCUT2D eigenvalue weighted by molar-refractivity contribution is 0.0944. The van der Waals surface area contributed by atoms with Crippen LogP contribution in [-0.2, 0) is 20.6 Å². The molecule has 1 amide bonds. The number of nitrogens with one attached hydrogen (secondary N) is 1. The van der Waals surface area contributed by atoms with E-state index in [1.807, 2.05) is 6.07 Å². The van der Waals surface area contributed by atoms with E-state index in [9.17, 15) is 14.4 Å². The molecule has 3 rings (SSSR count). The van der Waals surface area contributed by atoms with Crippen LogP contribution in [0.4, 0.5) is 0 Å². The largest absolute Gasteiger partial charge is 0.349 e. The van der Waals surface area contributed by atoms with E-state index in [4.69, 9.17) is 0 Å². The molecule has 3 heterocycles. The van der Waals surface area contributed by atoms with Gasteiger partial charge in [0.2, 0.25) is 0 Å². The average molecular weight is 355 g/mol. The van der Waals surface area contributed by atoms with Gasteiger partial charge in [-0.2, -0.15) is 5.10 Å². The highest BCUT2D eigenvalue weighted by molar-refractivity contribution is 5.91. The van der Waals surface area contributed by atoms with Gasteiger partial charge in [0.05, 0.1) is 6.54 Å². The fraction of sp³-hybridized carbons (Fsp3) is 0.250. The Labute approximate surface area is 147 Å². The van der Waals surface area contributed by atoms with E-state index in [0.717, 1.165) is 4.68 Å². The first-order valence-corrected chi connectivity index (χ1v) is 7.85. The van der Waals surface area contributed by atoms with Crippen molar-refractivity contribution in [2.75, 3.05) is 6.54 Å². The third-order valence-corrected chi connectivity index (χ3v) is 3.74. The zero-order valence-corrected chi connectivity index (χ0v) is 14.3. The smallest absolute Gasteiger partial charge is 0.346 e. The van der Waals surface area contributed by atoms with Crippen molar-refractivity contribution in [3.05, 3.63) is 63.1 Å². The van der Waals surface area contributed by atoms with Crippen molar-refractivity contribution in [2.45, 2.75) is 6.54 Å². The summed E-state index contributed by atoms with van der Waals surface area (Å²) in [7, 11) is 3.08. The highest BCUT2D eigenvalue weighted by Gasteiger charge is 2.13. The van der Waals surface area contributed by atoms with Crippen molar-refractivity contribution in [3.63, 3.8) is 0 Å². The molecule has 3 aromatic rings. The molecule has 3 aromatic heterocycles. The average Bonchev–Trinajstić information content (AvgIpc) is 2.93. The van der Waals surface area contributed by atoms with Gasteiger partial charge in [0.1, 0.15) is 11.4 Å². The van der Waals surface area contributed by atoms with Crippen molar-refractivity contribution < 1.29 is 4.79 Å². The Morgan fingerprint density at radius 1 is 1.12 bits per heavy atom. The summed E-state index contributed by atoms with van der Waals surface area (Å²) in [6.45, 7) is 0.374.